The Morgan fingerprint density at radius 2 is 1.60 bits per heavy atom. The number of nitrogens with zero attached hydrogens (tertiary/aromatic N) is 1. The van der Waals surface area contributed by atoms with Gasteiger partial charge in [0.25, 0.3) is 11.8 Å². The molecule has 0 spiro atoms. The maximum Gasteiger partial charge on any atom is 0.285 e. The molecule has 4 nitrogen and oxygen atoms in total. The number of imide groups is 1. The van der Waals surface area contributed by atoms with Crippen molar-refractivity contribution in [3.05, 3.63) is 35.4 Å². The van der Waals surface area contributed by atoms with Crippen molar-refractivity contribution in [2.75, 3.05) is 0 Å². The van der Waals surface area contributed by atoms with Crippen LogP contribution in [0.3, 0.4) is 0 Å². The van der Waals surface area contributed by atoms with E-state index in [1.54, 1.807) is 24.3 Å². The van der Waals surface area contributed by atoms with E-state index in [2.05, 4.69) is 0 Å². The Labute approximate surface area is 86.4 Å². The van der Waals surface area contributed by atoms with E-state index in [-0.39, 0.29) is 17.9 Å². The third-order valence-electron chi connectivity index (χ3n) is 2.54. The molecule has 0 bridgehead atoms. The maximum absolute atomic E-state index is 11.8. The summed E-state index contributed by atoms with van der Waals surface area (Å²) >= 11 is 0. The van der Waals surface area contributed by atoms with Crippen molar-refractivity contribution in [3.8, 4) is 0 Å². The molecule has 0 aromatic heterocycles. The average Bonchev–Trinajstić information content (AvgIpc) is 3.04. The normalized spacial score (nSPS) is 19.6. The Morgan fingerprint density at radius 3 is 2.07 bits per heavy atom. The summed E-state index contributed by atoms with van der Waals surface area (Å²) in [5.74, 6) is -0.690. The highest BCUT2D eigenvalue weighted by Crippen LogP contribution is 2.29. The minimum absolute atomic E-state index is 0.0483. The zero-order valence-electron chi connectivity index (χ0n) is 7.97. The minimum atomic E-state index is -0.345. The lowest BCUT2D eigenvalue weighted by atomic mass is 10.1. The molecule has 15 heavy (non-hydrogen) atoms. The van der Waals surface area contributed by atoms with Gasteiger partial charge in [-0.15, -0.1) is 5.06 Å². The third-order valence-corrected chi connectivity index (χ3v) is 2.54. The van der Waals surface area contributed by atoms with Crippen LogP contribution in [0.5, 0.6) is 0 Å². The number of carbonyl (C=O) groups is 2. The van der Waals surface area contributed by atoms with E-state index >= 15 is 0 Å². The largest absolute Gasteiger partial charge is 0.285 e. The Bertz CT molecular complexity index is 416. The molecule has 1 aromatic rings. The van der Waals surface area contributed by atoms with Crippen LogP contribution in [0.25, 0.3) is 0 Å². The van der Waals surface area contributed by atoms with Crippen LogP contribution in [0, 0.1) is 0 Å². The number of fused-ring (bicyclic) bond motifs is 1. The first-order valence-electron chi connectivity index (χ1n) is 4.92. The molecular formula is C11H9NO3. The Kier molecular flexibility index (Phi) is 1.67. The monoisotopic (exact) mass is 203 g/mol. The minimum Gasteiger partial charge on any atom is -0.266 e. The van der Waals surface area contributed by atoms with Crippen molar-refractivity contribution in [1.82, 2.24) is 5.06 Å². The average molecular weight is 203 g/mol. The number of benzene rings is 1. The Morgan fingerprint density at radius 1 is 1.07 bits per heavy atom. The van der Waals surface area contributed by atoms with E-state index in [1.165, 1.54) is 0 Å². The fourth-order valence-electron chi connectivity index (χ4n) is 1.59. The summed E-state index contributed by atoms with van der Waals surface area (Å²) in [6.45, 7) is 0. The van der Waals surface area contributed by atoms with E-state index in [0.29, 0.717) is 11.1 Å². The van der Waals surface area contributed by atoms with E-state index in [4.69, 9.17) is 4.84 Å². The van der Waals surface area contributed by atoms with Crippen LogP contribution >= 0.6 is 0 Å². The van der Waals surface area contributed by atoms with Crippen LogP contribution in [0.2, 0.25) is 0 Å². The first kappa shape index (κ1) is 8.61. The third kappa shape index (κ3) is 1.26. The lowest BCUT2D eigenvalue weighted by molar-refractivity contribution is -0.101. The number of hydrogen-bond acceptors (Lipinski definition) is 3. The highest BCUT2D eigenvalue weighted by atomic mass is 16.7. The molecule has 1 aliphatic heterocycles. The van der Waals surface area contributed by atoms with Crippen molar-refractivity contribution in [1.29, 1.82) is 0 Å². The van der Waals surface area contributed by atoms with Gasteiger partial charge in [0.05, 0.1) is 17.2 Å². The summed E-state index contributed by atoms with van der Waals surface area (Å²) in [5, 5.41) is 0.891. The molecule has 0 N–H and O–H groups in total. The van der Waals surface area contributed by atoms with Gasteiger partial charge < -0.3 is 0 Å². The first-order valence-corrected chi connectivity index (χ1v) is 4.92. The Hall–Kier alpha value is -1.68. The van der Waals surface area contributed by atoms with Crippen LogP contribution in [0.1, 0.15) is 33.6 Å². The molecule has 1 aliphatic carbocycles. The quantitative estimate of drug-likeness (QED) is 0.682. The molecule has 0 atom stereocenters. The molecule has 1 saturated carbocycles. The van der Waals surface area contributed by atoms with Gasteiger partial charge in [-0.3, -0.25) is 14.4 Å². The summed E-state index contributed by atoms with van der Waals surface area (Å²) in [6, 6.07) is 6.77. The maximum atomic E-state index is 11.8. The van der Waals surface area contributed by atoms with Gasteiger partial charge in [-0.1, -0.05) is 12.1 Å². The fourth-order valence-corrected chi connectivity index (χ4v) is 1.59. The molecule has 0 unspecified atom stereocenters. The van der Waals surface area contributed by atoms with Crippen molar-refractivity contribution >= 4 is 11.8 Å². The van der Waals surface area contributed by atoms with E-state index < -0.39 is 0 Å². The zero-order valence-corrected chi connectivity index (χ0v) is 7.97. The summed E-state index contributed by atoms with van der Waals surface area (Å²) in [6.07, 6.45) is 1.90. The molecule has 0 saturated heterocycles. The van der Waals surface area contributed by atoms with Crippen LogP contribution in [0.4, 0.5) is 0 Å². The molecule has 3 rings (SSSR count). The number of rotatable bonds is 2. The summed E-state index contributed by atoms with van der Waals surface area (Å²) < 4.78 is 0. The molecule has 1 aromatic carbocycles. The van der Waals surface area contributed by atoms with Crippen LogP contribution in [0.15, 0.2) is 24.3 Å². The van der Waals surface area contributed by atoms with Crippen molar-refractivity contribution < 1.29 is 14.4 Å². The van der Waals surface area contributed by atoms with Gasteiger partial charge in [0, 0.05) is 0 Å². The predicted molar refractivity (Wildman–Crippen MR) is 51.0 cm³/mol. The lowest BCUT2D eigenvalue weighted by Crippen LogP contribution is -2.30. The van der Waals surface area contributed by atoms with Gasteiger partial charge in [-0.2, -0.15) is 0 Å². The number of hydroxylamine groups is 2. The summed E-state index contributed by atoms with van der Waals surface area (Å²) in [5.41, 5.74) is 0.867. The first-order chi connectivity index (χ1) is 7.27. The SMILES string of the molecule is O=C1c2ccccc2C(=O)N1OC1CC1. The predicted octanol–water partition coefficient (Wildman–Crippen LogP) is 1.38. The molecule has 4 heteroatoms. The lowest BCUT2D eigenvalue weighted by Gasteiger charge is -2.11. The van der Waals surface area contributed by atoms with E-state index in [0.717, 1.165) is 17.9 Å². The summed E-state index contributed by atoms with van der Waals surface area (Å²) in [4.78, 5) is 28.8. The highest BCUT2D eigenvalue weighted by molar-refractivity contribution is 6.20. The van der Waals surface area contributed by atoms with Crippen LogP contribution in [-0.2, 0) is 4.84 Å². The second-order valence-electron chi connectivity index (χ2n) is 3.76. The van der Waals surface area contributed by atoms with Gasteiger partial charge >= 0.3 is 0 Å². The molecule has 2 amide bonds. The van der Waals surface area contributed by atoms with Crippen molar-refractivity contribution in [3.63, 3.8) is 0 Å². The molecule has 0 radical (unpaired) electrons. The molecule has 76 valence electrons. The van der Waals surface area contributed by atoms with Crippen LogP contribution < -0.4 is 0 Å². The summed E-state index contributed by atoms with van der Waals surface area (Å²) in [7, 11) is 0. The zero-order chi connectivity index (χ0) is 10.4. The van der Waals surface area contributed by atoms with E-state index in [1.807, 2.05) is 0 Å². The second-order valence-corrected chi connectivity index (χ2v) is 3.76. The van der Waals surface area contributed by atoms with Gasteiger partial charge in [0.15, 0.2) is 0 Å². The van der Waals surface area contributed by atoms with E-state index in [9.17, 15) is 9.59 Å². The molecule has 1 fully saturated rings. The standard InChI is InChI=1S/C11H9NO3/c13-10-8-3-1-2-4-9(8)11(14)12(10)15-7-5-6-7/h1-4,7H,5-6H2. The number of amides is 2. The fraction of sp³-hybridized carbons (Fsp3) is 0.273. The van der Waals surface area contributed by atoms with Gasteiger partial charge in [0.2, 0.25) is 0 Å². The highest BCUT2D eigenvalue weighted by Gasteiger charge is 2.40. The number of carbonyl (C=O) groups excluding carboxylic acids is 2. The Balaban J connectivity index is 1.96. The molecule has 1 heterocycles. The van der Waals surface area contributed by atoms with Crippen molar-refractivity contribution in [2.24, 2.45) is 0 Å². The van der Waals surface area contributed by atoms with Gasteiger partial charge in [-0.25, -0.2) is 0 Å². The van der Waals surface area contributed by atoms with Gasteiger partial charge in [-0.05, 0) is 25.0 Å². The molecular weight excluding hydrogens is 194 g/mol. The van der Waals surface area contributed by atoms with Crippen molar-refractivity contribution in [2.45, 2.75) is 18.9 Å². The topological polar surface area (TPSA) is 46.6 Å². The second kappa shape index (κ2) is 2.90. The smallest absolute Gasteiger partial charge is 0.266 e. The van der Waals surface area contributed by atoms with Gasteiger partial charge in [0.1, 0.15) is 0 Å². The number of hydrogen-bond donors (Lipinski definition) is 0. The molecule has 2 aliphatic rings. The van der Waals surface area contributed by atoms with Crippen LogP contribution in [-0.4, -0.2) is 23.0 Å².